The maximum absolute atomic E-state index is 13.1. The fourth-order valence-corrected chi connectivity index (χ4v) is 4.11. The SMILES string of the molecule is COc1cc2c(cc1N1CCOCC1=O)[nH]c(=NC(=O)c1cccc(C(F)F)c1)n2C(C)CCO. The molecule has 2 aromatic carbocycles. The van der Waals surface area contributed by atoms with Crippen molar-refractivity contribution >= 4 is 28.5 Å². The van der Waals surface area contributed by atoms with E-state index in [-0.39, 0.29) is 41.9 Å². The molecule has 1 aliphatic heterocycles. The highest BCUT2D eigenvalue weighted by Gasteiger charge is 2.25. The molecule has 11 heteroatoms. The maximum atomic E-state index is 13.1. The number of halogens is 2. The van der Waals surface area contributed by atoms with Gasteiger partial charge in [0.15, 0.2) is 0 Å². The Hall–Kier alpha value is -3.57. The van der Waals surface area contributed by atoms with Gasteiger partial charge in [0.2, 0.25) is 5.62 Å². The Morgan fingerprint density at radius 2 is 2.11 bits per heavy atom. The first-order valence-electron chi connectivity index (χ1n) is 11.1. The Morgan fingerprint density at radius 3 is 2.80 bits per heavy atom. The van der Waals surface area contributed by atoms with E-state index in [1.165, 1.54) is 25.3 Å². The molecule has 0 spiro atoms. The number of methoxy groups -OCH3 is 1. The number of rotatable bonds is 7. The van der Waals surface area contributed by atoms with Crippen LogP contribution in [-0.4, -0.2) is 59.9 Å². The lowest BCUT2D eigenvalue weighted by molar-refractivity contribution is -0.125. The zero-order valence-corrected chi connectivity index (χ0v) is 19.3. The fraction of sp³-hybridized carbons (Fsp3) is 0.375. The number of alkyl halides is 2. The van der Waals surface area contributed by atoms with Crippen LogP contribution in [0.15, 0.2) is 41.4 Å². The van der Waals surface area contributed by atoms with Crippen molar-refractivity contribution in [2.24, 2.45) is 4.99 Å². The quantitative estimate of drug-likeness (QED) is 0.532. The van der Waals surface area contributed by atoms with Crippen LogP contribution in [0.2, 0.25) is 0 Å². The minimum atomic E-state index is -2.71. The van der Waals surface area contributed by atoms with Gasteiger partial charge < -0.3 is 29.0 Å². The van der Waals surface area contributed by atoms with Gasteiger partial charge in [-0.05, 0) is 31.5 Å². The topological polar surface area (TPSA) is 109 Å². The van der Waals surface area contributed by atoms with Crippen LogP contribution in [-0.2, 0) is 9.53 Å². The van der Waals surface area contributed by atoms with Gasteiger partial charge in [-0.15, -0.1) is 0 Å². The molecule has 1 fully saturated rings. The summed E-state index contributed by atoms with van der Waals surface area (Å²) in [6.07, 6.45) is -2.33. The number of amides is 2. The summed E-state index contributed by atoms with van der Waals surface area (Å²) in [5.74, 6) is -0.459. The van der Waals surface area contributed by atoms with Crippen LogP contribution in [0.3, 0.4) is 0 Å². The van der Waals surface area contributed by atoms with Crippen molar-refractivity contribution in [1.82, 2.24) is 9.55 Å². The summed E-state index contributed by atoms with van der Waals surface area (Å²) in [5, 5.41) is 9.51. The second-order valence-corrected chi connectivity index (χ2v) is 8.16. The molecule has 1 aliphatic rings. The van der Waals surface area contributed by atoms with E-state index in [1.54, 1.807) is 21.6 Å². The molecular weight excluding hydrogens is 462 g/mol. The first kappa shape index (κ1) is 24.6. The predicted octanol–water partition coefficient (Wildman–Crippen LogP) is 2.96. The maximum Gasteiger partial charge on any atom is 0.280 e. The zero-order chi connectivity index (χ0) is 25.1. The summed E-state index contributed by atoms with van der Waals surface area (Å²) < 4.78 is 38.7. The molecular formula is C24H26F2N4O5. The zero-order valence-electron chi connectivity index (χ0n) is 19.3. The lowest BCUT2D eigenvalue weighted by Gasteiger charge is -2.28. The predicted molar refractivity (Wildman–Crippen MR) is 124 cm³/mol. The molecule has 1 atom stereocenters. The number of carbonyl (C=O) groups excluding carboxylic acids is 2. The van der Waals surface area contributed by atoms with Crippen molar-refractivity contribution in [3.63, 3.8) is 0 Å². The molecule has 0 bridgehead atoms. The van der Waals surface area contributed by atoms with E-state index in [9.17, 15) is 23.5 Å². The van der Waals surface area contributed by atoms with E-state index in [4.69, 9.17) is 9.47 Å². The van der Waals surface area contributed by atoms with Crippen molar-refractivity contribution in [2.75, 3.05) is 38.4 Å². The number of imidazole rings is 1. The molecule has 3 aromatic rings. The second-order valence-electron chi connectivity index (χ2n) is 8.16. The standard InChI is InChI=1S/C24H26F2N4O5/c1-14(6-8-31)30-18-12-20(34-2)19(29-7-9-35-13-21(29)32)11-17(18)27-24(30)28-23(33)16-5-3-4-15(10-16)22(25)26/h3-5,10-12,14,22,31H,6-9,13H2,1-2H3,(H,27,28,33). The first-order chi connectivity index (χ1) is 16.8. The molecule has 1 saturated heterocycles. The largest absolute Gasteiger partial charge is 0.494 e. The van der Waals surface area contributed by atoms with Crippen molar-refractivity contribution in [3.8, 4) is 5.75 Å². The number of hydrogen-bond acceptors (Lipinski definition) is 5. The highest BCUT2D eigenvalue weighted by atomic mass is 19.3. The van der Waals surface area contributed by atoms with Crippen LogP contribution in [0, 0.1) is 0 Å². The molecule has 1 aromatic heterocycles. The number of morpholine rings is 1. The van der Waals surface area contributed by atoms with Gasteiger partial charge in [-0.2, -0.15) is 4.99 Å². The van der Waals surface area contributed by atoms with Gasteiger partial charge in [0, 0.05) is 36.4 Å². The number of nitrogens with zero attached hydrogens (tertiary/aromatic N) is 3. The summed E-state index contributed by atoms with van der Waals surface area (Å²) in [4.78, 5) is 34.2. The average Bonchev–Trinajstić information content (AvgIpc) is 3.20. The average molecular weight is 488 g/mol. The molecule has 35 heavy (non-hydrogen) atoms. The molecule has 0 saturated carbocycles. The van der Waals surface area contributed by atoms with Crippen LogP contribution in [0.1, 0.15) is 41.7 Å². The Balaban J connectivity index is 1.87. The van der Waals surface area contributed by atoms with E-state index in [0.717, 1.165) is 6.07 Å². The highest BCUT2D eigenvalue weighted by Crippen LogP contribution is 2.34. The molecule has 1 unspecified atom stereocenters. The number of H-pyrrole nitrogens is 1. The first-order valence-corrected chi connectivity index (χ1v) is 11.1. The molecule has 4 rings (SSSR count). The third-order valence-electron chi connectivity index (χ3n) is 5.89. The number of nitrogens with one attached hydrogen (secondary N) is 1. The minimum absolute atomic E-state index is 0.0278. The molecule has 0 aliphatic carbocycles. The number of carbonyl (C=O) groups is 2. The Kier molecular flexibility index (Phi) is 7.27. The lowest BCUT2D eigenvalue weighted by Crippen LogP contribution is -2.41. The van der Waals surface area contributed by atoms with Crippen LogP contribution in [0.25, 0.3) is 11.0 Å². The fourth-order valence-electron chi connectivity index (χ4n) is 4.11. The second kappa shape index (κ2) is 10.4. The molecule has 2 heterocycles. The van der Waals surface area contributed by atoms with Crippen molar-refractivity contribution in [1.29, 1.82) is 0 Å². The summed E-state index contributed by atoms with van der Waals surface area (Å²) >= 11 is 0. The van der Waals surface area contributed by atoms with Gasteiger partial charge in [0.25, 0.3) is 18.2 Å². The number of aliphatic hydroxyl groups is 1. The van der Waals surface area contributed by atoms with Crippen LogP contribution >= 0.6 is 0 Å². The number of aromatic nitrogens is 2. The number of aromatic amines is 1. The lowest BCUT2D eigenvalue weighted by atomic mass is 10.1. The van der Waals surface area contributed by atoms with Gasteiger partial charge in [-0.3, -0.25) is 9.59 Å². The summed E-state index contributed by atoms with van der Waals surface area (Å²) in [7, 11) is 1.49. The van der Waals surface area contributed by atoms with E-state index in [0.29, 0.717) is 42.0 Å². The number of ether oxygens (including phenoxy) is 2. The van der Waals surface area contributed by atoms with Crippen LogP contribution < -0.4 is 15.3 Å². The monoisotopic (exact) mass is 488 g/mol. The normalized spacial score (nSPS) is 15.8. The van der Waals surface area contributed by atoms with E-state index >= 15 is 0 Å². The van der Waals surface area contributed by atoms with Crippen LogP contribution in [0.4, 0.5) is 14.5 Å². The van der Waals surface area contributed by atoms with Gasteiger partial charge >= 0.3 is 0 Å². The Morgan fingerprint density at radius 1 is 1.31 bits per heavy atom. The van der Waals surface area contributed by atoms with Crippen molar-refractivity contribution < 1.29 is 33.0 Å². The summed E-state index contributed by atoms with van der Waals surface area (Å²) in [5.41, 5.74) is 1.70. The van der Waals surface area contributed by atoms with E-state index in [1.807, 2.05) is 6.92 Å². The highest BCUT2D eigenvalue weighted by molar-refractivity contribution is 5.99. The number of benzene rings is 2. The number of anilines is 1. The molecule has 2 N–H and O–H groups in total. The molecule has 0 radical (unpaired) electrons. The Bertz CT molecular complexity index is 1320. The molecule has 9 nitrogen and oxygen atoms in total. The smallest absolute Gasteiger partial charge is 0.280 e. The van der Waals surface area contributed by atoms with Gasteiger partial charge in [-0.1, -0.05) is 12.1 Å². The third-order valence-corrected chi connectivity index (χ3v) is 5.89. The Labute approximate surface area is 199 Å². The van der Waals surface area contributed by atoms with E-state index < -0.39 is 12.3 Å². The van der Waals surface area contributed by atoms with Gasteiger partial charge in [0.05, 0.1) is 30.4 Å². The van der Waals surface area contributed by atoms with Gasteiger partial charge in [0.1, 0.15) is 12.4 Å². The summed E-state index contributed by atoms with van der Waals surface area (Å²) in [6.45, 7) is 2.47. The van der Waals surface area contributed by atoms with Crippen molar-refractivity contribution in [2.45, 2.75) is 25.8 Å². The van der Waals surface area contributed by atoms with Crippen LogP contribution in [0.5, 0.6) is 5.75 Å². The molecule has 186 valence electrons. The number of hydrogen-bond donors (Lipinski definition) is 2. The van der Waals surface area contributed by atoms with E-state index in [2.05, 4.69) is 9.98 Å². The third kappa shape index (κ3) is 4.96. The van der Waals surface area contributed by atoms with Crippen molar-refractivity contribution in [3.05, 3.63) is 53.1 Å². The van der Waals surface area contributed by atoms with Gasteiger partial charge in [-0.25, -0.2) is 8.78 Å². The number of aliphatic hydroxyl groups excluding tert-OH is 1. The number of fused-ring (bicyclic) bond motifs is 1. The minimum Gasteiger partial charge on any atom is -0.494 e. The molecule has 2 amide bonds. The summed E-state index contributed by atoms with van der Waals surface area (Å²) in [6, 6.07) is 8.37.